The smallest absolute Gasteiger partial charge is 0.220 e. The van der Waals surface area contributed by atoms with Gasteiger partial charge in [-0.05, 0) is 62.2 Å². The van der Waals surface area contributed by atoms with Crippen LogP contribution in [0.2, 0.25) is 0 Å². The Hall–Kier alpha value is -1.92. The van der Waals surface area contributed by atoms with E-state index in [0.29, 0.717) is 23.5 Å². The van der Waals surface area contributed by atoms with Crippen LogP contribution in [-0.4, -0.2) is 41.6 Å². The molecule has 0 bridgehead atoms. The third kappa shape index (κ3) is 14.2. The molecule has 2 heterocycles. The second-order valence-electron chi connectivity index (χ2n) is 9.80. The van der Waals surface area contributed by atoms with Crippen molar-refractivity contribution in [1.29, 1.82) is 0 Å². The maximum atomic E-state index is 10.6. The van der Waals surface area contributed by atoms with Gasteiger partial charge in [-0.15, -0.1) is 0 Å². The van der Waals surface area contributed by atoms with Crippen molar-refractivity contribution >= 4 is 23.3 Å². The van der Waals surface area contributed by atoms with Crippen molar-refractivity contribution in [3.63, 3.8) is 0 Å². The van der Waals surface area contributed by atoms with Crippen LogP contribution in [0, 0.1) is 23.7 Å². The average molecular weight is 454 g/mol. The zero-order valence-electron chi connectivity index (χ0n) is 19.9. The van der Waals surface area contributed by atoms with E-state index in [-0.39, 0.29) is 19.2 Å². The summed E-state index contributed by atoms with van der Waals surface area (Å²) in [6.07, 6.45) is 9.63. The summed E-state index contributed by atoms with van der Waals surface area (Å²) in [6, 6.07) is 0. The predicted molar refractivity (Wildman–Crippen MR) is 130 cm³/mol. The highest BCUT2D eigenvalue weighted by Crippen LogP contribution is 2.21. The largest absolute Gasteiger partial charge is 0.411 e. The fourth-order valence-electron chi connectivity index (χ4n) is 3.92. The zero-order valence-corrected chi connectivity index (χ0v) is 19.9. The zero-order chi connectivity index (χ0) is 23.2. The molecule has 0 radical (unpaired) electrons. The average Bonchev–Trinajstić information content (AvgIpc) is 3.32. The summed E-state index contributed by atoms with van der Waals surface area (Å²) in [6.45, 7) is 10.3. The van der Waals surface area contributed by atoms with E-state index in [4.69, 9.17) is 5.21 Å². The number of piperidine rings is 2. The van der Waals surface area contributed by atoms with Crippen LogP contribution in [0.3, 0.4) is 0 Å². The monoisotopic (exact) mass is 453 g/mol. The van der Waals surface area contributed by atoms with Gasteiger partial charge in [-0.3, -0.25) is 14.4 Å². The molecule has 2 saturated carbocycles. The van der Waals surface area contributed by atoms with Crippen molar-refractivity contribution in [2.45, 2.75) is 99.3 Å². The highest BCUT2D eigenvalue weighted by atomic mass is 16.4. The predicted octanol–water partition coefficient (Wildman–Crippen LogP) is 4.71. The number of amides is 2. The molecule has 3 N–H and O–H groups in total. The molecule has 7 heteroatoms. The molecule has 0 aromatic heterocycles. The number of rotatable bonds is 0. The van der Waals surface area contributed by atoms with Crippen LogP contribution >= 0.6 is 0 Å². The maximum absolute atomic E-state index is 10.6. The van der Waals surface area contributed by atoms with Crippen molar-refractivity contribution in [3.8, 4) is 0 Å². The summed E-state index contributed by atoms with van der Waals surface area (Å²) in [4.78, 5) is 31.5. The van der Waals surface area contributed by atoms with Crippen molar-refractivity contribution in [2.75, 3.05) is 13.1 Å². The minimum Gasteiger partial charge on any atom is -0.411 e. The Bertz CT molecular complexity index is 596. The van der Waals surface area contributed by atoms with E-state index >= 15 is 0 Å². The second kappa shape index (κ2) is 16.7. The van der Waals surface area contributed by atoms with E-state index in [1.165, 1.54) is 6.42 Å². The summed E-state index contributed by atoms with van der Waals surface area (Å²) in [7, 11) is 0. The van der Waals surface area contributed by atoms with E-state index in [0.717, 1.165) is 82.5 Å². The molecule has 4 rings (SSSR count). The van der Waals surface area contributed by atoms with E-state index < -0.39 is 0 Å². The quantitative estimate of drug-likeness (QED) is 0.364. The number of carbonyl (C=O) groups excluding carboxylic acids is 3. The molecule has 2 aliphatic carbocycles. The maximum Gasteiger partial charge on any atom is 0.220 e. The lowest BCUT2D eigenvalue weighted by Crippen LogP contribution is -2.33. The highest BCUT2D eigenvalue weighted by molar-refractivity contribution is 5.85. The number of ketones is 1. The summed E-state index contributed by atoms with van der Waals surface area (Å²) in [5.41, 5.74) is 0.970. The third-order valence-corrected chi connectivity index (χ3v) is 6.15. The lowest BCUT2D eigenvalue weighted by Gasteiger charge is -2.17. The lowest BCUT2D eigenvalue weighted by molar-refractivity contribution is -0.123. The standard InChI is InChI=1S/3C6H11NO.C6H10O.CH4/c1-5-2-3-7-6(8)4-5;1-5-2-3-6(8)7-4-5;1-5-2-3-6(4-5)7-8;1-5-2-3-6(7)4-5;/h2*5H,2-4H2,1H3,(H,7,8);5,8H,2-4H2,1H3;5H,2-4H2,1H3;1H4/b;;7-6-;;. The lowest BCUT2D eigenvalue weighted by atomic mass is 10.0. The molecular weight excluding hydrogens is 406 g/mol. The topological polar surface area (TPSA) is 108 Å². The van der Waals surface area contributed by atoms with E-state index in [1.54, 1.807) is 0 Å². The van der Waals surface area contributed by atoms with Crippen molar-refractivity contribution in [3.05, 3.63) is 0 Å². The molecule has 0 aromatic carbocycles. The minimum absolute atomic E-state index is 0. The second-order valence-corrected chi connectivity index (χ2v) is 9.80. The number of oxime groups is 1. The van der Waals surface area contributed by atoms with Crippen LogP contribution in [0.25, 0.3) is 0 Å². The van der Waals surface area contributed by atoms with Gasteiger partial charge in [0.15, 0.2) is 0 Å². The molecule has 4 fully saturated rings. The third-order valence-electron chi connectivity index (χ3n) is 6.15. The van der Waals surface area contributed by atoms with Gasteiger partial charge in [0.25, 0.3) is 0 Å². The first kappa shape index (κ1) is 30.1. The molecule has 0 spiro atoms. The molecule has 2 saturated heterocycles. The van der Waals surface area contributed by atoms with Crippen LogP contribution < -0.4 is 10.6 Å². The Morgan fingerprint density at radius 3 is 1.59 bits per heavy atom. The van der Waals surface area contributed by atoms with Gasteiger partial charge in [-0.2, -0.15) is 0 Å². The fourth-order valence-corrected chi connectivity index (χ4v) is 3.92. The molecule has 2 amide bonds. The van der Waals surface area contributed by atoms with Gasteiger partial charge in [0.2, 0.25) is 11.8 Å². The van der Waals surface area contributed by atoms with E-state index in [1.807, 2.05) is 0 Å². The molecule has 186 valence electrons. The first-order valence-electron chi connectivity index (χ1n) is 11.9. The molecule has 4 atom stereocenters. The van der Waals surface area contributed by atoms with Gasteiger partial charge in [0, 0.05) is 38.8 Å². The van der Waals surface area contributed by atoms with Crippen LogP contribution in [-0.2, 0) is 14.4 Å². The summed E-state index contributed by atoms with van der Waals surface area (Å²) < 4.78 is 0. The van der Waals surface area contributed by atoms with Gasteiger partial charge < -0.3 is 15.8 Å². The van der Waals surface area contributed by atoms with Crippen LogP contribution in [0.5, 0.6) is 0 Å². The highest BCUT2D eigenvalue weighted by Gasteiger charge is 2.17. The first-order chi connectivity index (χ1) is 14.7. The van der Waals surface area contributed by atoms with E-state index in [2.05, 4.69) is 43.5 Å². The molecular formula is C25H47N3O4. The first-order valence-corrected chi connectivity index (χ1v) is 11.9. The van der Waals surface area contributed by atoms with Crippen molar-refractivity contribution < 1.29 is 19.6 Å². The minimum atomic E-state index is 0. The molecule has 7 nitrogen and oxygen atoms in total. The number of nitrogens with one attached hydrogen (secondary N) is 2. The Labute approximate surface area is 195 Å². The fraction of sp³-hybridized carbons (Fsp3) is 0.840. The molecule has 4 unspecified atom stereocenters. The number of hydrogen-bond donors (Lipinski definition) is 3. The number of carbonyl (C=O) groups is 3. The molecule has 4 aliphatic rings. The van der Waals surface area contributed by atoms with Crippen LogP contribution in [0.4, 0.5) is 0 Å². The van der Waals surface area contributed by atoms with Gasteiger partial charge in [-0.1, -0.05) is 40.3 Å². The van der Waals surface area contributed by atoms with Gasteiger partial charge in [0.1, 0.15) is 5.78 Å². The van der Waals surface area contributed by atoms with Crippen LogP contribution in [0.15, 0.2) is 5.16 Å². The Kier molecular flexibility index (Phi) is 15.7. The van der Waals surface area contributed by atoms with Crippen LogP contribution in [0.1, 0.15) is 99.3 Å². The Morgan fingerprint density at radius 1 is 0.719 bits per heavy atom. The Balaban J connectivity index is 0.000000397. The van der Waals surface area contributed by atoms with Crippen molar-refractivity contribution in [1.82, 2.24) is 10.6 Å². The van der Waals surface area contributed by atoms with E-state index in [9.17, 15) is 14.4 Å². The molecule has 0 aromatic rings. The molecule has 32 heavy (non-hydrogen) atoms. The SMILES string of the molecule is C.CC1CC/C(=N/O)C1.CC1CCC(=O)C1.CC1CCC(=O)NC1.CC1CCNC(=O)C1. The number of nitrogens with zero attached hydrogens (tertiary/aromatic N) is 1. The summed E-state index contributed by atoms with van der Waals surface area (Å²) in [5, 5.41) is 17.0. The number of Topliss-reactive ketones (excluding diaryl/α,β-unsaturated/α-hetero) is 1. The molecule has 2 aliphatic heterocycles. The van der Waals surface area contributed by atoms with Gasteiger partial charge in [0.05, 0.1) is 5.71 Å². The van der Waals surface area contributed by atoms with Crippen molar-refractivity contribution in [2.24, 2.45) is 28.8 Å². The summed E-state index contributed by atoms with van der Waals surface area (Å²) >= 11 is 0. The summed E-state index contributed by atoms with van der Waals surface area (Å²) in [5.74, 6) is 3.57. The normalized spacial score (nSPS) is 30.2. The van der Waals surface area contributed by atoms with Gasteiger partial charge >= 0.3 is 0 Å². The number of hydrogen-bond acceptors (Lipinski definition) is 5. The van der Waals surface area contributed by atoms with Gasteiger partial charge in [-0.25, -0.2) is 0 Å². The Morgan fingerprint density at radius 2 is 1.31 bits per heavy atom.